The number of anilines is 1. The second kappa shape index (κ2) is 7.62. The van der Waals surface area contributed by atoms with Gasteiger partial charge < -0.3 is 20.1 Å². The number of nitrogen functional groups attached to an aromatic ring is 1. The van der Waals surface area contributed by atoms with Gasteiger partial charge in [0.2, 0.25) is 5.91 Å². The highest BCUT2D eigenvalue weighted by molar-refractivity contribution is 5.76. The molecular formula is C15H24N2O3. The third-order valence-electron chi connectivity index (χ3n) is 2.86. The van der Waals surface area contributed by atoms with Crippen LogP contribution < -0.4 is 15.2 Å². The second-order valence-electron chi connectivity index (χ2n) is 4.67. The normalized spacial score (nSPS) is 10.2. The summed E-state index contributed by atoms with van der Waals surface area (Å²) in [5, 5.41) is 0. The molecule has 0 heterocycles. The third-order valence-corrected chi connectivity index (χ3v) is 2.86. The van der Waals surface area contributed by atoms with E-state index >= 15 is 0 Å². The van der Waals surface area contributed by atoms with Gasteiger partial charge in [-0.2, -0.15) is 0 Å². The van der Waals surface area contributed by atoms with Gasteiger partial charge in [-0.1, -0.05) is 0 Å². The van der Waals surface area contributed by atoms with Crippen LogP contribution in [0.5, 0.6) is 11.5 Å². The highest BCUT2D eigenvalue weighted by atomic mass is 16.5. The lowest BCUT2D eigenvalue weighted by Gasteiger charge is -2.15. The van der Waals surface area contributed by atoms with E-state index in [2.05, 4.69) is 0 Å². The lowest BCUT2D eigenvalue weighted by Crippen LogP contribution is -2.21. The summed E-state index contributed by atoms with van der Waals surface area (Å²) in [6, 6.07) is 3.74. The zero-order chi connectivity index (χ0) is 15.1. The van der Waals surface area contributed by atoms with E-state index in [1.54, 1.807) is 19.0 Å². The number of benzene rings is 1. The van der Waals surface area contributed by atoms with Crippen molar-refractivity contribution >= 4 is 11.6 Å². The van der Waals surface area contributed by atoms with Crippen LogP contribution in [-0.4, -0.2) is 38.1 Å². The molecule has 2 N–H and O–H groups in total. The van der Waals surface area contributed by atoms with E-state index in [9.17, 15) is 4.79 Å². The molecule has 1 rings (SSSR count). The molecule has 5 heteroatoms. The van der Waals surface area contributed by atoms with Crippen molar-refractivity contribution in [2.75, 3.05) is 33.0 Å². The lowest BCUT2D eigenvalue weighted by atomic mass is 10.1. The fourth-order valence-corrected chi connectivity index (χ4v) is 1.86. The van der Waals surface area contributed by atoms with Gasteiger partial charge in [0.15, 0.2) is 11.5 Å². The molecule has 0 saturated carbocycles. The second-order valence-corrected chi connectivity index (χ2v) is 4.67. The van der Waals surface area contributed by atoms with Crippen molar-refractivity contribution in [1.82, 2.24) is 4.90 Å². The molecule has 0 saturated heterocycles. The number of ether oxygens (including phenoxy) is 2. The van der Waals surface area contributed by atoms with Crippen LogP contribution in [0.1, 0.15) is 25.8 Å². The summed E-state index contributed by atoms with van der Waals surface area (Å²) in [4.78, 5) is 13.2. The van der Waals surface area contributed by atoms with E-state index in [0.717, 1.165) is 5.56 Å². The van der Waals surface area contributed by atoms with Crippen molar-refractivity contribution < 1.29 is 14.3 Å². The molecule has 1 aromatic rings. The molecule has 20 heavy (non-hydrogen) atoms. The van der Waals surface area contributed by atoms with Crippen molar-refractivity contribution in [2.45, 2.75) is 26.7 Å². The molecule has 0 atom stereocenters. The number of aryl methyl sites for hydroxylation is 1. The SMILES string of the molecule is CCOc1cc(CCC(=O)N(C)C)cc(N)c1OCC. The van der Waals surface area contributed by atoms with E-state index in [0.29, 0.717) is 43.2 Å². The van der Waals surface area contributed by atoms with Crippen LogP contribution in [0.4, 0.5) is 5.69 Å². The summed E-state index contributed by atoms with van der Waals surface area (Å²) in [5.41, 5.74) is 7.53. The number of carbonyl (C=O) groups is 1. The number of hydrogen-bond donors (Lipinski definition) is 1. The van der Waals surface area contributed by atoms with Crippen molar-refractivity contribution in [3.8, 4) is 11.5 Å². The van der Waals surface area contributed by atoms with Gasteiger partial charge >= 0.3 is 0 Å². The number of rotatable bonds is 7. The van der Waals surface area contributed by atoms with Gasteiger partial charge in [0.25, 0.3) is 0 Å². The molecular weight excluding hydrogens is 256 g/mol. The van der Waals surface area contributed by atoms with Crippen LogP contribution in [-0.2, 0) is 11.2 Å². The van der Waals surface area contributed by atoms with Crippen LogP contribution in [0.15, 0.2) is 12.1 Å². The van der Waals surface area contributed by atoms with E-state index < -0.39 is 0 Å². The van der Waals surface area contributed by atoms with Crippen LogP contribution in [0, 0.1) is 0 Å². The minimum Gasteiger partial charge on any atom is -0.490 e. The molecule has 0 radical (unpaired) electrons. The maximum absolute atomic E-state index is 11.6. The fourth-order valence-electron chi connectivity index (χ4n) is 1.86. The molecule has 0 unspecified atom stereocenters. The predicted molar refractivity (Wildman–Crippen MR) is 80.2 cm³/mol. The highest BCUT2D eigenvalue weighted by Crippen LogP contribution is 2.35. The number of amides is 1. The Hall–Kier alpha value is -1.91. The largest absolute Gasteiger partial charge is 0.490 e. The first-order chi connectivity index (χ1) is 9.49. The maximum atomic E-state index is 11.6. The van der Waals surface area contributed by atoms with Crippen molar-refractivity contribution in [3.05, 3.63) is 17.7 Å². The monoisotopic (exact) mass is 280 g/mol. The van der Waals surface area contributed by atoms with Gasteiger partial charge in [0.1, 0.15) is 0 Å². The van der Waals surface area contributed by atoms with Crippen LogP contribution in [0.3, 0.4) is 0 Å². The quantitative estimate of drug-likeness (QED) is 0.777. The topological polar surface area (TPSA) is 64.8 Å². The van der Waals surface area contributed by atoms with Gasteiger partial charge in [0, 0.05) is 20.5 Å². The number of nitrogens with two attached hydrogens (primary N) is 1. The molecule has 0 aromatic heterocycles. The van der Waals surface area contributed by atoms with Crippen LogP contribution in [0.2, 0.25) is 0 Å². The van der Waals surface area contributed by atoms with E-state index in [-0.39, 0.29) is 5.91 Å². The first kappa shape index (κ1) is 16.1. The highest BCUT2D eigenvalue weighted by Gasteiger charge is 2.12. The molecule has 112 valence electrons. The molecule has 5 nitrogen and oxygen atoms in total. The van der Waals surface area contributed by atoms with Crippen LogP contribution >= 0.6 is 0 Å². The Morgan fingerprint density at radius 2 is 1.85 bits per heavy atom. The molecule has 0 aliphatic carbocycles. The standard InChI is InChI=1S/C15H24N2O3/c1-5-19-13-10-11(7-8-14(18)17(3)4)9-12(16)15(13)20-6-2/h9-10H,5-8,16H2,1-4H3. The van der Waals surface area contributed by atoms with E-state index in [4.69, 9.17) is 15.2 Å². The van der Waals surface area contributed by atoms with Gasteiger partial charge in [0.05, 0.1) is 18.9 Å². The first-order valence-electron chi connectivity index (χ1n) is 6.87. The smallest absolute Gasteiger partial charge is 0.222 e. The lowest BCUT2D eigenvalue weighted by molar-refractivity contribution is -0.128. The molecule has 0 bridgehead atoms. The van der Waals surface area contributed by atoms with E-state index in [1.807, 2.05) is 26.0 Å². The fraction of sp³-hybridized carbons (Fsp3) is 0.533. The summed E-state index contributed by atoms with van der Waals surface area (Å²) in [5.74, 6) is 1.31. The van der Waals surface area contributed by atoms with Gasteiger partial charge in [-0.15, -0.1) is 0 Å². The molecule has 0 spiro atoms. The molecule has 1 amide bonds. The van der Waals surface area contributed by atoms with Crippen molar-refractivity contribution in [1.29, 1.82) is 0 Å². The molecule has 0 aliphatic heterocycles. The minimum absolute atomic E-state index is 0.0930. The Morgan fingerprint density at radius 3 is 2.40 bits per heavy atom. The third kappa shape index (κ3) is 4.33. The minimum atomic E-state index is 0.0930. The Labute approximate surface area is 120 Å². The Bertz CT molecular complexity index is 459. The predicted octanol–water partition coefficient (Wildman–Crippen LogP) is 2.09. The average molecular weight is 280 g/mol. The molecule has 1 aromatic carbocycles. The summed E-state index contributed by atoms with van der Waals surface area (Å²) < 4.78 is 11.1. The number of nitrogens with zero attached hydrogens (tertiary/aromatic N) is 1. The van der Waals surface area contributed by atoms with Crippen molar-refractivity contribution in [3.63, 3.8) is 0 Å². The van der Waals surface area contributed by atoms with Gasteiger partial charge in [-0.25, -0.2) is 0 Å². The first-order valence-corrected chi connectivity index (χ1v) is 6.87. The van der Waals surface area contributed by atoms with Gasteiger partial charge in [-0.05, 0) is 38.0 Å². The summed E-state index contributed by atoms with van der Waals surface area (Å²) >= 11 is 0. The maximum Gasteiger partial charge on any atom is 0.222 e. The average Bonchev–Trinajstić information content (AvgIpc) is 2.40. The molecule has 0 fully saturated rings. The Kier molecular flexibility index (Phi) is 6.15. The molecule has 0 aliphatic rings. The zero-order valence-electron chi connectivity index (χ0n) is 12.7. The summed E-state index contributed by atoms with van der Waals surface area (Å²) in [6.07, 6.45) is 1.08. The van der Waals surface area contributed by atoms with E-state index in [1.165, 1.54) is 0 Å². The van der Waals surface area contributed by atoms with Crippen LogP contribution in [0.25, 0.3) is 0 Å². The van der Waals surface area contributed by atoms with Crippen molar-refractivity contribution in [2.24, 2.45) is 0 Å². The Balaban J connectivity index is 2.90. The summed E-state index contributed by atoms with van der Waals surface area (Å²) in [6.45, 7) is 4.88. The Morgan fingerprint density at radius 1 is 1.20 bits per heavy atom. The number of carbonyl (C=O) groups excluding carboxylic acids is 1. The summed E-state index contributed by atoms with van der Waals surface area (Å²) in [7, 11) is 3.50. The van der Waals surface area contributed by atoms with Gasteiger partial charge in [-0.3, -0.25) is 4.79 Å². The zero-order valence-corrected chi connectivity index (χ0v) is 12.7. The number of hydrogen-bond acceptors (Lipinski definition) is 4.